The lowest BCUT2D eigenvalue weighted by Crippen LogP contribution is -2.51. The zero-order valence-corrected chi connectivity index (χ0v) is 23.3. The molecule has 0 aliphatic carbocycles. The highest BCUT2D eigenvalue weighted by Gasteiger charge is 2.44. The highest BCUT2D eigenvalue weighted by molar-refractivity contribution is 7.89. The Kier molecular flexibility index (Phi) is 8.71. The van der Waals surface area contributed by atoms with Gasteiger partial charge in [0.2, 0.25) is 10.0 Å². The van der Waals surface area contributed by atoms with Crippen molar-refractivity contribution in [2.45, 2.75) is 56.1 Å². The maximum absolute atomic E-state index is 13.7. The van der Waals surface area contributed by atoms with Gasteiger partial charge in [-0.15, -0.1) is 0 Å². The van der Waals surface area contributed by atoms with Gasteiger partial charge in [0.1, 0.15) is 11.6 Å². The molecule has 12 heteroatoms. The second-order valence-electron chi connectivity index (χ2n) is 10.7. The Bertz CT molecular complexity index is 1400. The van der Waals surface area contributed by atoms with E-state index >= 15 is 0 Å². The fourth-order valence-corrected chi connectivity index (χ4v) is 6.82. The molecule has 1 amide bonds. The van der Waals surface area contributed by atoms with E-state index in [2.05, 4.69) is 10.3 Å². The number of fused-ring (bicyclic) bond motifs is 2. The number of sulfonamides is 1. The number of hydrogen-bond acceptors (Lipinski definition) is 9. The first kappa shape index (κ1) is 28.5. The van der Waals surface area contributed by atoms with E-state index in [9.17, 15) is 18.3 Å². The lowest BCUT2D eigenvalue weighted by Gasteiger charge is -2.31. The molecular formula is C28H35N3O8S. The van der Waals surface area contributed by atoms with Gasteiger partial charge in [0.15, 0.2) is 18.3 Å². The van der Waals surface area contributed by atoms with Gasteiger partial charge in [0.25, 0.3) is 0 Å². The molecule has 3 unspecified atom stereocenters. The summed E-state index contributed by atoms with van der Waals surface area (Å²) in [7, 11) is -4.01. The highest BCUT2D eigenvalue weighted by atomic mass is 32.2. The van der Waals surface area contributed by atoms with Crippen LogP contribution in [-0.4, -0.2) is 79.7 Å². The Hall–Kier alpha value is -3.03. The van der Waals surface area contributed by atoms with Crippen LogP contribution in [0.4, 0.5) is 4.79 Å². The summed E-state index contributed by atoms with van der Waals surface area (Å²) in [4.78, 5) is 17.1. The maximum Gasteiger partial charge on any atom is 0.407 e. The number of oxazole rings is 1. The van der Waals surface area contributed by atoms with Crippen LogP contribution in [0.1, 0.15) is 25.8 Å². The number of aromatic nitrogens is 1. The lowest BCUT2D eigenvalue weighted by molar-refractivity contribution is -0.0907. The molecule has 0 bridgehead atoms. The molecule has 1 aromatic heterocycles. The number of benzene rings is 2. The normalized spacial score (nSPS) is 22.5. The summed E-state index contributed by atoms with van der Waals surface area (Å²) in [6, 6.07) is 13.0. The number of alkyl carbamates (subject to hydrolysis) is 1. The van der Waals surface area contributed by atoms with Gasteiger partial charge in [-0.2, -0.15) is 4.31 Å². The number of nitrogens with zero attached hydrogens (tertiary/aromatic N) is 2. The number of rotatable bonds is 11. The second kappa shape index (κ2) is 12.2. The predicted molar refractivity (Wildman–Crippen MR) is 145 cm³/mol. The molecule has 216 valence electrons. The van der Waals surface area contributed by atoms with Crippen molar-refractivity contribution in [3.05, 3.63) is 60.5 Å². The predicted octanol–water partition coefficient (Wildman–Crippen LogP) is 2.93. The molecule has 2 aliphatic rings. The van der Waals surface area contributed by atoms with Crippen LogP contribution >= 0.6 is 0 Å². The van der Waals surface area contributed by atoms with Crippen molar-refractivity contribution < 1.29 is 36.9 Å². The molecule has 2 aliphatic heterocycles. The molecule has 3 aromatic rings. The zero-order valence-electron chi connectivity index (χ0n) is 22.5. The Morgan fingerprint density at radius 3 is 2.75 bits per heavy atom. The summed E-state index contributed by atoms with van der Waals surface area (Å²) >= 11 is 0. The van der Waals surface area contributed by atoms with E-state index in [1.165, 1.54) is 22.8 Å². The van der Waals surface area contributed by atoms with E-state index in [4.69, 9.17) is 18.6 Å². The minimum Gasteiger partial charge on any atom is -0.443 e. The van der Waals surface area contributed by atoms with Crippen molar-refractivity contribution in [2.75, 3.05) is 26.3 Å². The van der Waals surface area contributed by atoms with Gasteiger partial charge >= 0.3 is 6.09 Å². The number of hydrogen-bond donors (Lipinski definition) is 2. The average Bonchev–Trinajstić information content (AvgIpc) is 3.66. The third kappa shape index (κ3) is 6.47. The number of nitrogens with one attached hydrogen (secondary N) is 1. The number of aliphatic hydroxyl groups excluding tert-OH is 1. The van der Waals surface area contributed by atoms with Gasteiger partial charge in [-0.05, 0) is 36.5 Å². The van der Waals surface area contributed by atoms with Crippen molar-refractivity contribution in [1.82, 2.24) is 14.6 Å². The monoisotopic (exact) mass is 573 g/mol. The molecule has 5 rings (SSSR count). The van der Waals surface area contributed by atoms with E-state index in [1.54, 1.807) is 6.07 Å². The van der Waals surface area contributed by atoms with Crippen molar-refractivity contribution in [3.63, 3.8) is 0 Å². The van der Waals surface area contributed by atoms with E-state index < -0.39 is 34.4 Å². The molecule has 0 radical (unpaired) electrons. The summed E-state index contributed by atoms with van der Waals surface area (Å²) in [6.45, 7) is 4.52. The summed E-state index contributed by atoms with van der Waals surface area (Å²) < 4.78 is 50.7. The summed E-state index contributed by atoms with van der Waals surface area (Å²) in [6.07, 6.45) is -0.492. The van der Waals surface area contributed by atoms with Gasteiger partial charge < -0.3 is 29.1 Å². The third-order valence-corrected chi connectivity index (χ3v) is 9.04. The fraction of sp³-hybridized carbons (Fsp3) is 0.500. The van der Waals surface area contributed by atoms with Crippen LogP contribution in [-0.2, 0) is 30.7 Å². The van der Waals surface area contributed by atoms with Crippen LogP contribution in [0.5, 0.6) is 0 Å². The van der Waals surface area contributed by atoms with Crippen LogP contribution < -0.4 is 5.32 Å². The van der Waals surface area contributed by atoms with E-state index in [1.807, 2.05) is 44.2 Å². The molecular weight excluding hydrogens is 538 g/mol. The van der Waals surface area contributed by atoms with Crippen molar-refractivity contribution in [3.8, 4) is 0 Å². The average molecular weight is 574 g/mol. The zero-order chi connectivity index (χ0) is 28.3. The topological polar surface area (TPSA) is 140 Å². The van der Waals surface area contributed by atoms with Crippen molar-refractivity contribution >= 4 is 27.2 Å². The van der Waals surface area contributed by atoms with Gasteiger partial charge in [-0.1, -0.05) is 44.2 Å². The van der Waals surface area contributed by atoms with E-state index in [-0.39, 0.29) is 49.1 Å². The quantitative estimate of drug-likeness (QED) is 0.354. The molecule has 2 fully saturated rings. The number of amides is 1. The molecule has 5 atom stereocenters. The largest absolute Gasteiger partial charge is 0.443 e. The van der Waals surface area contributed by atoms with Gasteiger partial charge in [0.05, 0.1) is 36.2 Å². The first-order valence-corrected chi connectivity index (χ1v) is 14.9. The Labute approximate surface area is 233 Å². The minimum absolute atomic E-state index is 0.0228. The molecule has 2 aromatic carbocycles. The molecule has 2 N–H and O–H groups in total. The second-order valence-corrected chi connectivity index (χ2v) is 12.6. The molecule has 3 heterocycles. The third-order valence-electron chi connectivity index (χ3n) is 7.21. The summed E-state index contributed by atoms with van der Waals surface area (Å²) in [5.41, 5.74) is 1.76. The minimum atomic E-state index is -4.01. The first-order chi connectivity index (χ1) is 19.2. The number of aliphatic hydroxyl groups is 1. The van der Waals surface area contributed by atoms with Gasteiger partial charge in [0, 0.05) is 19.2 Å². The van der Waals surface area contributed by atoms with Crippen molar-refractivity contribution in [2.24, 2.45) is 11.8 Å². The van der Waals surface area contributed by atoms with Crippen LogP contribution in [0, 0.1) is 11.8 Å². The lowest BCUT2D eigenvalue weighted by atomic mass is 10.0. The SMILES string of the molecule is CC(C)CN(C[C@@H](O)[C@H](Cc1ccccc1)NC(=O)OC1COC2OCCC12)S(=O)(=O)c1ccc2ncoc2c1. The molecule has 40 heavy (non-hydrogen) atoms. The Morgan fingerprint density at radius 2 is 1.98 bits per heavy atom. The Balaban J connectivity index is 1.34. The fourth-order valence-electron chi connectivity index (χ4n) is 5.18. The van der Waals surface area contributed by atoms with E-state index in [0.717, 1.165) is 12.0 Å². The number of ether oxygens (including phenoxy) is 3. The van der Waals surface area contributed by atoms with Gasteiger partial charge in [-0.3, -0.25) is 0 Å². The van der Waals surface area contributed by atoms with Crippen LogP contribution in [0.3, 0.4) is 0 Å². The standard InChI is InChI=1S/C28H35N3O8S/c1-18(2)14-31(40(34,35)20-8-9-22-25(13-20)38-17-29-22)15-24(32)23(12-19-6-4-3-5-7-19)30-28(33)39-26-16-37-27-21(26)10-11-36-27/h3-9,13,17-18,21,23-24,26-27,32H,10-12,14-16H2,1-2H3,(H,30,33)/t21?,23-,24+,26?,27?/m0/s1. The Morgan fingerprint density at radius 1 is 1.18 bits per heavy atom. The van der Waals surface area contributed by atoms with Crippen molar-refractivity contribution in [1.29, 1.82) is 0 Å². The molecule has 2 saturated heterocycles. The maximum atomic E-state index is 13.7. The molecule has 0 spiro atoms. The molecule has 0 saturated carbocycles. The highest BCUT2D eigenvalue weighted by Crippen LogP contribution is 2.33. The van der Waals surface area contributed by atoms with E-state index in [0.29, 0.717) is 17.7 Å². The number of carbonyl (C=O) groups excluding carboxylic acids is 1. The van der Waals surface area contributed by atoms with Gasteiger partial charge in [-0.25, -0.2) is 18.2 Å². The smallest absolute Gasteiger partial charge is 0.407 e. The van der Waals surface area contributed by atoms with Crippen LogP contribution in [0.15, 0.2) is 64.2 Å². The van der Waals surface area contributed by atoms with Crippen LogP contribution in [0.2, 0.25) is 0 Å². The summed E-state index contributed by atoms with van der Waals surface area (Å²) in [5, 5.41) is 14.2. The molecule has 11 nitrogen and oxygen atoms in total. The number of carbonyl (C=O) groups is 1. The van der Waals surface area contributed by atoms with Crippen LogP contribution in [0.25, 0.3) is 11.1 Å². The summed E-state index contributed by atoms with van der Waals surface area (Å²) in [5.74, 6) is -0.0537. The first-order valence-electron chi connectivity index (χ1n) is 13.5.